The lowest BCUT2D eigenvalue weighted by Crippen LogP contribution is -2.31. The van der Waals surface area contributed by atoms with Crippen LogP contribution in [0.25, 0.3) is 0 Å². The van der Waals surface area contributed by atoms with Crippen molar-refractivity contribution in [3.8, 4) is 0 Å². The summed E-state index contributed by atoms with van der Waals surface area (Å²) in [6.45, 7) is 4.15. The van der Waals surface area contributed by atoms with E-state index in [-0.39, 0.29) is 0 Å². The van der Waals surface area contributed by atoms with Crippen LogP contribution < -0.4 is 5.32 Å². The van der Waals surface area contributed by atoms with Crippen LogP contribution in [-0.2, 0) is 0 Å². The van der Waals surface area contributed by atoms with Gasteiger partial charge in [-0.3, -0.25) is 4.79 Å². The number of thiophene rings is 1. The number of carbonyl (C=O) groups is 1. The zero-order chi connectivity index (χ0) is 10.7. The van der Waals surface area contributed by atoms with E-state index in [4.69, 9.17) is 0 Å². The molecular weight excluding hydrogens is 206 g/mol. The van der Waals surface area contributed by atoms with E-state index in [0.29, 0.717) is 18.1 Å². The van der Waals surface area contributed by atoms with Gasteiger partial charge in [0.05, 0.1) is 0 Å². The molecule has 0 aliphatic carbocycles. The fourth-order valence-electron chi connectivity index (χ4n) is 2.14. The van der Waals surface area contributed by atoms with Crippen molar-refractivity contribution in [2.75, 3.05) is 13.1 Å². The molecule has 0 spiro atoms. The molecule has 0 radical (unpaired) electrons. The van der Waals surface area contributed by atoms with Gasteiger partial charge in [-0.25, -0.2) is 0 Å². The minimum atomic E-state index is 0.322. The van der Waals surface area contributed by atoms with Crippen LogP contribution in [0, 0.1) is 12.8 Å². The zero-order valence-electron chi connectivity index (χ0n) is 9.08. The summed E-state index contributed by atoms with van der Waals surface area (Å²) in [4.78, 5) is 13.1. The summed E-state index contributed by atoms with van der Waals surface area (Å²) in [6.07, 6.45) is 3.12. The molecule has 2 rings (SSSR count). The lowest BCUT2D eigenvalue weighted by Gasteiger charge is -2.21. The van der Waals surface area contributed by atoms with Gasteiger partial charge >= 0.3 is 0 Å². The van der Waals surface area contributed by atoms with Gasteiger partial charge in [0.1, 0.15) is 0 Å². The fourth-order valence-corrected chi connectivity index (χ4v) is 2.86. The predicted octanol–water partition coefficient (Wildman–Crippen LogP) is 2.63. The lowest BCUT2D eigenvalue weighted by atomic mass is 9.92. The van der Waals surface area contributed by atoms with E-state index >= 15 is 0 Å². The Bertz CT molecular complexity index is 339. The largest absolute Gasteiger partial charge is 0.316 e. The maximum atomic E-state index is 12.0. The molecule has 1 saturated heterocycles. The average Bonchev–Trinajstić information content (AvgIpc) is 2.66. The highest BCUT2D eigenvalue weighted by atomic mass is 32.1. The molecule has 1 N–H and O–H groups in total. The summed E-state index contributed by atoms with van der Waals surface area (Å²) in [5, 5.41) is 5.35. The van der Waals surface area contributed by atoms with Crippen LogP contribution in [0.15, 0.2) is 11.4 Å². The van der Waals surface area contributed by atoms with Crippen molar-refractivity contribution in [2.24, 2.45) is 5.92 Å². The molecule has 1 fully saturated rings. The Morgan fingerprint density at radius 2 is 2.53 bits per heavy atom. The predicted molar refractivity (Wildman–Crippen MR) is 63.6 cm³/mol. The molecule has 3 heteroatoms. The normalized spacial score (nSPS) is 21.5. The van der Waals surface area contributed by atoms with E-state index in [9.17, 15) is 4.79 Å². The first kappa shape index (κ1) is 10.8. The van der Waals surface area contributed by atoms with Crippen LogP contribution in [-0.4, -0.2) is 18.9 Å². The van der Waals surface area contributed by atoms with Gasteiger partial charge in [0.15, 0.2) is 5.78 Å². The number of hydrogen-bond donors (Lipinski definition) is 1. The van der Waals surface area contributed by atoms with Crippen molar-refractivity contribution < 1.29 is 4.79 Å². The van der Waals surface area contributed by atoms with E-state index in [1.165, 1.54) is 12.8 Å². The van der Waals surface area contributed by atoms with Gasteiger partial charge in [-0.05, 0) is 50.2 Å². The Morgan fingerprint density at radius 3 is 3.13 bits per heavy atom. The SMILES string of the molecule is Cc1sccc1C(=O)CC1CCCNC1. The molecule has 1 aliphatic heterocycles. The molecule has 2 heterocycles. The van der Waals surface area contributed by atoms with Gasteiger partial charge < -0.3 is 5.32 Å². The van der Waals surface area contributed by atoms with Crippen molar-refractivity contribution in [1.82, 2.24) is 5.32 Å². The second-order valence-electron chi connectivity index (χ2n) is 4.23. The van der Waals surface area contributed by atoms with Gasteiger partial charge in [-0.1, -0.05) is 0 Å². The van der Waals surface area contributed by atoms with Crippen LogP contribution >= 0.6 is 11.3 Å². The summed E-state index contributed by atoms with van der Waals surface area (Å²) in [5.41, 5.74) is 0.936. The molecule has 0 amide bonds. The molecule has 1 aromatic heterocycles. The Labute approximate surface area is 94.7 Å². The number of Topliss-reactive ketones (excluding diaryl/α,β-unsaturated/α-hetero) is 1. The van der Waals surface area contributed by atoms with Crippen molar-refractivity contribution >= 4 is 17.1 Å². The number of piperidine rings is 1. The first-order valence-corrected chi connectivity index (χ1v) is 6.43. The fraction of sp³-hybridized carbons (Fsp3) is 0.583. The molecule has 2 nitrogen and oxygen atoms in total. The van der Waals surface area contributed by atoms with Gasteiger partial charge in [-0.15, -0.1) is 11.3 Å². The standard InChI is InChI=1S/C12H17NOS/c1-9-11(4-6-15-9)12(14)7-10-3-2-5-13-8-10/h4,6,10,13H,2-3,5,7-8H2,1H3. The van der Waals surface area contributed by atoms with Crippen molar-refractivity contribution in [1.29, 1.82) is 0 Å². The smallest absolute Gasteiger partial charge is 0.164 e. The third-order valence-electron chi connectivity index (χ3n) is 3.03. The van der Waals surface area contributed by atoms with Gasteiger partial charge in [0.25, 0.3) is 0 Å². The molecular formula is C12H17NOS. The number of ketones is 1. The number of rotatable bonds is 3. The van der Waals surface area contributed by atoms with Crippen molar-refractivity contribution in [3.05, 3.63) is 21.9 Å². The molecule has 1 atom stereocenters. The van der Waals surface area contributed by atoms with Gasteiger partial charge in [0, 0.05) is 16.9 Å². The highest BCUT2D eigenvalue weighted by molar-refractivity contribution is 7.10. The van der Waals surface area contributed by atoms with Gasteiger partial charge in [-0.2, -0.15) is 0 Å². The highest BCUT2D eigenvalue weighted by Gasteiger charge is 2.18. The molecule has 0 bridgehead atoms. The first-order valence-electron chi connectivity index (χ1n) is 5.55. The summed E-state index contributed by atoms with van der Waals surface area (Å²) >= 11 is 1.66. The maximum Gasteiger partial charge on any atom is 0.164 e. The average molecular weight is 223 g/mol. The van der Waals surface area contributed by atoms with Crippen molar-refractivity contribution in [3.63, 3.8) is 0 Å². The van der Waals surface area contributed by atoms with E-state index < -0.39 is 0 Å². The molecule has 1 unspecified atom stereocenters. The van der Waals surface area contributed by atoms with E-state index in [1.54, 1.807) is 11.3 Å². The Balaban J connectivity index is 1.94. The van der Waals surface area contributed by atoms with Crippen LogP contribution in [0.5, 0.6) is 0 Å². The Hall–Kier alpha value is -0.670. The number of nitrogens with one attached hydrogen (secondary N) is 1. The van der Waals surface area contributed by atoms with Gasteiger partial charge in [0.2, 0.25) is 0 Å². The lowest BCUT2D eigenvalue weighted by molar-refractivity contribution is 0.0954. The third kappa shape index (κ3) is 2.67. The summed E-state index contributed by atoms with van der Waals surface area (Å²) in [6, 6.07) is 1.96. The Morgan fingerprint density at radius 1 is 1.67 bits per heavy atom. The molecule has 0 saturated carbocycles. The molecule has 1 aliphatic rings. The minimum absolute atomic E-state index is 0.322. The molecule has 0 aromatic carbocycles. The summed E-state index contributed by atoms with van der Waals surface area (Å²) in [5.74, 6) is 0.869. The maximum absolute atomic E-state index is 12.0. The number of carbonyl (C=O) groups excluding carboxylic acids is 1. The number of hydrogen-bond acceptors (Lipinski definition) is 3. The van der Waals surface area contributed by atoms with Crippen LogP contribution in [0.3, 0.4) is 0 Å². The quantitative estimate of drug-likeness (QED) is 0.798. The monoisotopic (exact) mass is 223 g/mol. The second kappa shape index (κ2) is 4.90. The van der Waals surface area contributed by atoms with Crippen LogP contribution in [0.2, 0.25) is 0 Å². The minimum Gasteiger partial charge on any atom is -0.316 e. The van der Waals surface area contributed by atoms with Crippen molar-refractivity contribution in [2.45, 2.75) is 26.2 Å². The van der Waals surface area contributed by atoms with Crippen LogP contribution in [0.4, 0.5) is 0 Å². The van der Waals surface area contributed by atoms with E-state index in [0.717, 1.165) is 23.5 Å². The summed E-state index contributed by atoms with van der Waals surface area (Å²) in [7, 11) is 0. The summed E-state index contributed by atoms with van der Waals surface area (Å²) < 4.78 is 0. The first-order chi connectivity index (χ1) is 7.27. The third-order valence-corrected chi connectivity index (χ3v) is 3.88. The molecule has 15 heavy (non-hydrogen) atoms. The molecule has 82 valence electrons. The topological polar surface area (TPSA) is 29.1 Å². The molecule has 1 aromatic rings. The zero-order valence-corrected chi connectivity index (χ0v) is 9.90. The van der Waals surface area contributed by atoms with E-state index in [1.807, 2.05) is 18.4 Å². The second-order valence-corrected chi connectivity index (χ2v) is 5.35. The van der Waals surface area contributed by atoms with E-state index in [2.05, 4.69) is 5.32 Å². The highest BCUT2D eigenvalue weighted by Crippen LogP contribution is 2.21. The van der Waals surface area contributed by atoms with Crippen LogP contribution in [0.1, 0.15) is 34.5 Å². The number of aryl methyl sites for hydroxylation is 1. The Kier molecular flexibility index (Phi) is 3.54.